The molecule has 0 saturated heterocycles. The lowest BCUT2D eigenvalue weighted by Gasteiger charge is -2.03. The third-order valence-electron chi connectivity index (χ3n) is 3.96. The van der Waals surface area contributed by atoms with Gasteiger partial charge in [-0.15, -0.1) is 0 Å². The fourth-order valence-electron chi connectivity index (χ4n) is 2.45. The molecule has 0 aliphatic carbocycles. The summed E-state index contributed by atoms with van der Waals surface area (Å²) in [6.07, 6.45) is 0. The molecule has 0 spiro atoms. The first kappa shape index (κ1) is 16.1. The second kappa shape index (κ2) is 6.01. The summed E-state index contributed by atoms with van der Waals surface area (Å²) in [5.74, 6) is -0.332. The molecule has 6 nitrogen and oxygen atoms in total. The number of rotatable bonds is 3. The van der Waals surface area contributed by atoms with Crippen LogP contribution >= 0.6 is 11.3 Å². The Kier molecular flexibility index (Phi) is 4.02. The molecular weight excluding hydrogens is 326 g/mol. The van der Waals surface area contributed by atoms with Crippen LogP contribution in [0.3, 0.4) is 0 Å². The molecule has 24 heavy (non-hydrogen) atoms. The van der Waals surface area contributed by atoms with Crippen molar-refractivity contribution in [3.63, 3.8) is 0 Å². The van der Waals surface area contributed by atoms with Crippen LogP contribution in [0.4, 0.5) is 10.8 Å². The fraction of sp³-hybridized carbons (Fsp3) is 0.176. The van der Waals surface area contributed by atoms with Gasteiger partial charge in [-0.1, -0.05) is 17.4 Å². The number of amides is 1. The van der Waals surface area contributed by atoms with E-state index in [1.54, 1.807) is 6.92 Å². The van der Waals surface area contributed by atoms with E-state index in [0.717, 1.165) is 21.3 Å². The van der Waals surface area contributed by atoms with Gasteiger partial charge in [-0.25, -0.2) is 4.98 Å². The third-order valence-corrected chi connectivity index (χ3v) is 4.90. The van der Waals surface area contributed by atoms with Crippen molar-refractivity contribution >= 4 is 38.3 Å². The summed E-state index contributed by atoms with van der Waals surface area (Å²) in [7, 11) is 0. The number of carbonyl (C=O) groups is 1. The first-order valence-electron chi connectivity index (χ1n) is 7.30. The van der Waals surface area contributed by atoms with E-state index in [2.05, 4.69) is 10.3 Å². The van der Waals surface area contributed by atoms with E-state index in [-0.39, 0.29) is 11.6 Å². The maximum Gasteiger partial charge on any atom is 0.272 e. The number of fused-ring (bicyclic) bond motifs is 1. The molecule has 0 fully saturated rings. The summed E-state index contributed by atoms with van der Waals surface area (Å²) < 4.78 is 1.01. The Labute approximate surface area is 142 Å². The lowest BCUT2D eigenvalue weighted by Crippen LogP contribution is -2.12. The van der Waals surface area contributed by atoms with Gasteiger partial charge in [-0.2, -0.15) is 0 Å². The summed E-state index contributed by atoms with van der Waals surface area (Å²) in [6, 6.07) is 8.32. The van der Waals surface area contributed by atoms with E-state index in [1.165, 1.54) is 29.5 Å². The van der Waals surface area contributed by atoms with Crippen LogP contribution in [0.15, 0.2) is 30.3 Å². The molecule has 3 rings (SSSR count). The lowest BCUT2D eigenvalue weighted by molar-refractivity contribution is -0.385. The number of nitrogens with one attached hydrogen (secondary N) is 1. The summed E-state index contributed by atoms with van der Waals surface area (Å²) in [5.41, 5.74) is 3.94. The van der Waals surface area contributed by atoms with Gasteiger partial charge in [0.15, 0.2) is 5.13 Å². The Morgan fingerprint density at radius 3 is 2.58 bits per heavy atom. The van der Waals surface area contributed by atoms with Crippen molar-refractivity contribution in [2.24, 2.45) is 0 Å². The van der Waals surface area contributed by atoms with Crippen molar-refractivity contribution in [3.05, 3.63) is 62.7 Å². The number of hydrogen-bond donors (Lipinski definition) is 1. The largest absolute Gasteiger partial charge is 0.298 e. The quantitative estimate of drug-likeness (QED) is 0.566. The molecule has 0 aliphatic heterocycles. The van der Waals surface area contributed by atoms with Gasteiger partial charge in [0, 0.05) is 17.2 Å². The number of nitro groups is 1. The van der Waals surface area contributed by atoms with Crippen LogP contribution in [0.1, 0.15) is 27.0 Å². The molecule has 0 atom stereocenters. The highest BCUT2D eigenvalue weighted by Gasteiger charge is 2.15. The number of aromatic nitrogens is 1. The molecule has 2 aromatic carbocycles. The number of thiazole rings is 1. The molecule has 0 bridgehead atoms. The molecule has 0 aliphatic rings. The molecule has 0 radical (unpaired) electrons. The first-order chi connectivity index (χ1) is 11.4. The molecule has 0 unspecified atom stereocenters. The molecule has 7 heteroatoms. The van der Waals surface area contributed by atoms with E-state index in [4.69, 9.17) is 0 Å². The van der Waals surface area contributed by atoms with Gasteiger partial charge in [-0.3, -0.25) is 20.2 Å². The zero-order valence-corrected chi connectivity index (χ0v) is 14.2. The van der Waals surface area contributed by atoms with Gasteiger partial charge >= 0.3 is 0 Å². The van der Waals surface area contributed by atoms with Crippen molar-refractivity contribution < 1.29 is 9.72 Å². The highest BCUT2D eigenvalue weighted by Crippen LogP contribution is 2.30. The lowest BCUT2D eigenvalue weighted by atomic mass is 10.1. The number of aryl methyl sites for hydroxylation is 3. The van der Waals surface area contributed by atoms with Crippen molar-refractivity contribution in [3.8, 4) is 0 Å². The highest BCUT2D eigenvalue weighted by atomic mass is 32.1. The van der Waals surface area contributed by atoms with E-state index < -0.39 is 4.92 Å². The second-order valence-corrected chi connectivity index (χ2v) is 6.62. The Balaban J connectivity index is 1.88. The van der Waals surface area contributed by atoms with Crippen LogP contribution < -0.4 is 5.32 Å². The molecule has 1 aromatic heterocycles. The topological polar surface area (TPSA) is 85.1 Å². The van der Waals surface area contributed by atoms with Gasteiger partial charge in [0.1, 0.15) is 0 Å². The Hall–Kier alpha value is -2.80. The molecule has 1 heterocycles. The van der Waals surface area contributed by atoms with Gasteiger partial charge < -0.3 is 0 Å². The van der Waals surface area contributed by atoms with Crippen LogP contribution in [0.2, 0.25) is 0 Å². The van der Waals surface area contributed by atoms with Gasteiger partial charge in [0.25, 0.3) is 11.6 Å². The predicted molar refractivity (Wildman–Crippen MR) is 94.9 cm³/mol. The summed E-state index contributed by atoms with van der Waals surface area (Å²) in [6.45, 7) is 5.63. The van der Waals surface area contributed by atoms with E-state index in [0.29, 0.717) is 16.3 Å². The van der Waals surface area contributed by atoms with Crippen LogP contribution in [0.25, 0.3) is 10.2 Å². The van der Waals surface area contributed by atoms with Crippen molar-refractivity contribution in [2.45, 2.75) is 20.8 Å². The smallest absolute Gasteiger partial charge is 0.272 e. The Bertz CT molecular complexity index is 979. The number of anilines is 1. The Morgan fingerprint density at radius 1 is 1.17 bits per heavy atom. The molecule has 3 aromatic rings. The zero-order valence-electron chi connectivity index (χ0n) is 13.4. The number of nitro benzene ring substituents is 1. The standard InChI is InChI=1S/C17H15N3O3S/c1-9-4-7-14-15(11(9)3)18-17(24-14)19-16(21)12-5-6-13(20(22)23)10(2)8-12/h4-8H,1-3H3,(H,18,19,21). The van der Waals surface area contributed by atoms with Crippen molar-refractivity contribution in [2.75, 3.05) is 5.32 Å². The van der Waals surface area contributed by atoms with Crippen molar-refractivity contribution in [1.29, 1.82) is 0 Å². The Morgan fingerprint density at radius 2 is 1.92 bits per heavy atom. The van der Waals surface area contributed by atoms with Gasteiger partial charge in [0.2, 0.25) is 0 Å². The van der Waals surface area contributed by atoms with Crippen LogP contribution in [0.5, 0.6) is 0 Å². The van der Waals surface area contributed by atoms with E-state index in [9.17, 15) is 14.9 Å². The van der Waals surface area contributed by atoms with E-state index >= 15 is 0 Å². The number of nitrogens with zero attached hydrogens (tertiary/aromatic N) is 2. The number of benzene rings is 2. The second-order valence-electron chi connectivity index (χ2n) is 5.59. The van der Waals surface area contributed by atoms with E-state index in [1.807, 2.05) is 26.0 Å². The van der Waals surface area contributed by atoms with Crippen LogP contribution in [-0.4, -0.2) is 15.8 Å². The maximum absolute atomic E-state index is 12.4. The molecular formula is C17H15N3O3S. The molecule has 122 valence electrons. The molecule has 0 saturated carbocycles. The van der Waals surface area contributed by atoms with Crippen LogP contribution in [-0.2, 0) is 0 Å². The minimum absolute atomic E-state index is 0.00219. The summed E-state index contributed by atoms with van der Waals surface area (Å²) in [5, 5.41) is 14.1. The number of carbonyl (C=O) groups excluding carboxylic acids is 1. The maximum atomic E-state index is 12.4. The average molecular weight is 341 g/mol. The van der Waals surface area contributed by atoms with Gasteiger partial charge in [-0.05, 0) is 50.1 Å². The van der Waals surface area contributed by atoms with Crippen molar-refractivity contribution in [1.82, 2.24) is 4.98 Å². The third kappa shape index (κ3) is 2.85. The average Bonchev–Trinajstić information content (AvgIpc) is 2.94. The molecule has 1 amide bonds. The van der Waals surface area contributed by atoms with Crippen LogP contribution in [0, 0.1) is 30.9 Å². The highest BCUT2D eigenvalue weighted by molar-refractivity contribution is 7.22. The summed E-state index contributed by atoms with van der Waals surface area (Å²) >= 11 is 1.40. The normalized spacial score (nSPS) is 10.8. The van der Waals surface area contributed by atoms with Gasteiger partial charge in [0.05, 0.1) is 15.1 Å². The minimum Gasteiger partial charge on any atom is -0.298 e. The zero-order chi connectivity index (χ0) is 17.4. The minimum atomic E-state index is -0.463. The fourth-order valence-corrected chi connectivity index (χ4v) is 3.37. The number of hydrogen-bond acceptors (Lipinski definition) is 5. The SMILES string of the molecule is Cc1cc(C(=O)Nc2nc3c(C)c(C)ccc3s2)ccc1[N+](=O)[O-]. The molecule has 1 N–H and O–H groups in total. The monoisotopic (exact) mass is 341 g/mol. The summed E-state index contributed by atoms with van der Waals surface area (Å²) in [4.78, 5) is 27.2. The first-order valence-corrected chi connectivity index (χ1v) is 8.11. The predicted octanol–water partition coefficient (Wildman–Crippen LogP) is 4.38.